The summed E-state index contributed by atoms with van der Waals surface area (Å²) >= 11 is 0. The van der Waals surface area contributed by atoms with Crippen LogP contribution in [0.5, 0.6) is 0 Å². The van der Waals surface area contributed by atoms with E-state index in [1.165, 1.54) is 11.1 Å². The van der Waals surface area contributed by atoms with Crippen LogP contribution < -0.4 is 0 Å². The number of nitrogens with zero attached hydrogens (tertiary/aromatic N) is 3. The monoisotopic (exact) mass is 221 g/mol. The van der Waals surface area contributed by atoms with Crippen LogP contribution in [0, 0.1) is 13.8 Å². The van der Waals surface area contributed by atoms with Crippen molar-refractivity contribution in [2.24, 2.45) is 7.05 Å². The second-order valence-corrected chi connectivity index (χ2v) is 3.22. The van der Waals surface area contributed by atoms with Crippen molar-refractivity contribution in [1.82, 2.24) is 14.8 Å². The van der Waals surface area contributed by atoms with Gasteiger partial charge in [0, 0.05) is 25.6 Å². The summed E-state index contributed by atoms with van der Waals surface area (Å²) in [7, 11) is 1.91. The average Bonchev–Trinajstić information content (AvgIpc) is 2.52. The van der Waals surface area contributed by atoms with E-state index in [9.17, 15) is 0 Å². The molecule has 0 saturated carbocycles. The van der Waals surface area contributed by atoms with Gasteiger partial charge in [-0.2, -0.15) is 5.10 Å². The molecule has 2 aromatic heterocycles. The van der Waals surface area contributed by atoms with Crippen molar-refractivity contribution in [1.29, 1.82) is 0 Å². The highest BCUT2D eigenvalue weighted by molar-refractivity contribution is 5.04. The molecule has 2 aromatic rings. The Bertz CT molecular complexity index is 349. The van der Waals surface area contributed by atoms with Gasteiger partial charge in [-0.05, 0) is 31.0 Å². The molecule has 0 aliphatic carbocycles. The molecule has 3 nitrogen and oxygen atoms in total. The smallest absolute Gasteiger partial charge is 0.0518 e. The number of rotatable bonds is 0. The lowest BCUT2D eigenvalue weighted by Gasteiger charge is -1.82. The predicted octanol–water partition coefficient (Wildman–Crippen LogP) is 3.39. The summed E-state index contributed by atoms with van der Waals surface area (Å²) < 4.78 is 1.79. The zero-order valence-electron chi connectivity index (χ0n) is 8.81. The van der Waals surface area contributed by atoms with Crippen molar-refractivity contribution in [2.75, 3.05) is 0 Å². The zero-order valence-corrected chi connectivity index (χ0v) is 8.81. The van der Waals surface area contributed by atoms with Crippen LogP contribution >= 0.6 is 0 Å². The molecule has 0 aromatic carbocycles. The van der Waals surface area contributed by atoms with Gasteiger partial charge in [0.15, 0.2) is 0 Å². The second-order valence-electron chi connectivity index (χ2n) is 3.22. The molecular formula is C13H23N3. The van der Waals surface area contributed by atoms with Gasteiger partial charge in [0.2, 0.25) is 0 Å². The van der Waals surface area contributed by atoms with Gasteiger partial charge >= 0.3 is 0 Å². The van der Waals surface area contributed by atoms with Gasteiger partial charge in [0.05, 0.1) is 6.20 Å². The highest BCUT2D eigenvalue weighted by Gasteiger charge is 1.81. The fourth-order valence-electron chi connectivity index (χ4n) is 0.992. The topological polar surface area (TPSA) is 30.7 Å². The van der Waals surface area contributed by atoms with Crippen molar-refractivity contribution < 1.29 is 0 Å². The third-order valence-corrected chi connectivity index (χ3v) is 1.64. The predicted molar refractivity (Wildman–Crippen MR) is 70.4 cm³/mol. The number of hydrogen-bond acceptors (Lipinski definition) is 2. The van der Waals surface area contributed by atoms with E-state index in [1.807, 2.05) is 51.6 Å². The highest BCUT2D eigenvalue weighted by Crippen LogP contribution is 1.89. The Morgan fingerprint density at radius 2 is 1.75 bits per heavy atom. The lowest BCUT2D eigenvalue weighted by Crippen LogP contribution is -1.83. The van der Waals surface area contributed by atoms with Crippen molar-refractivity contribution in [2.45, 2.75) is 28.7 Å². The van der Waals surface area contributed by atoms with Gasteiger partial charge in [-0.25, -0.2) is 0 Å². The molecule has 0 N–H and O–H groups in total. The average molecular weight is 221 g/mol. The quantitative estimate of drug-likeness (QED) is 0.682. The molecule has 0 aliphatic heterocycles. The fourth-order valence-corrected chi connectivity index (χ4v) is 0.992. The van der Waals surface area contributed by atoms with Gasteiger partial charge in [-0.15, -0.1) is 0 Å². The maximum atomic E-state index is 3.93. The van der Waals surface area contributed by atoms with Gasteiger partial charge in [0.25, 0.3) is 0 Å². The molecule has 0 amide bonds. The minimum atomic E-state index is 0. The summed E-state index contributed by atoms with van der Waals surface area (Å²) in [5.41, 5.74) is 2.42. The third-order valence-electron chi connectivity index (χ3n) is 1.64. The molecule has 3 heteroatoms. The summed E-state index contributed by atoms with van der Waals surface area (Å²) in [6.45, 7) is 4.04. The molecule has 0 saturated heterocycles. The summed E-state index contributed by atoms with van der Waals surface area (Å²) in [5.74, 6) is 0. The van der Waals surface area contributed by atoms with E-state index in [0.29, 0.717) is 0 Å². The lowest BCUT2D eigenvalue weighted by molar-refractivity contribution is 0.767. The van der Waals surface area contributed by atoms with Crippen LogP contribution in [0.3, 0.4) is 0 Å². The van der Waals surface area contributed by atoms with E-state index in [-0.39, 0.29) is 14.9 Å². The Hall–Kier alpha value is -1.64. The molecule has 0 atom stereocenters. The fraction of sp³-hybridized carbons (Fsp3) is 0.385. The van der Waals surface area contributed by atoms with Crippen LogP contribution in [0.25, 0.3) is 0 Å². The Morgan fingerprint density at radius 1 is 1.06 bits per heavy atom. The van der Waals surface area contributed by atoms with Crippen molar-refractivity contribution in [3.05, 3.63) is 48.0 Å². The minimum absolute atomic E-state index is 0. The molecule has 0 radical (unpaired) electrons. The first-order valence-electron chi connectivity index (χ1n) is 4.50. The standard InChI is InChI=1S/C6H7N.C5H8N2.2CH4/c1-6-3-2-4-7-5-6;1-5-3-6-7(2)4-5;;/h2-5H,1H3;3-4H,1-2H3;2*1H4. The maximum absolute atomic E-state index is 3.93. The van der Waals surface area contributed by atoms with Crippen LogP contribution in [0.15, 0.2) is 36.9 Å². The molecule has 0 spiro atoms. The molecule has 0 fully saturated rings. The second kappa shape index (κ2) is 8.65. The largest absolute Gasteiger partial charge is 0.276 e. The van der Waals surface area contributed by atoms with Gasteiger partial charge < -0.3 is 0 Å². The van der Waals surface area contributed by atoms with E-state index in [0.717, 1.165) is 0 Å². The van der Waals surface area contributed by atoms with Gasteiger partial charge in [-0.1, -0.05) is 20.9 Å². The summed E-state index contributed by atoms with van der Waals surface area (Å²) in [5, 5.41) is 3.93. The molecule has 0 aliphatic rings. The first-order valence-corrected chi connectivity index (χ1v) is 4.50. The summed E-state index contributed by atoms with van der Waals surface area (Å²) in [6, 6.07) is 3.95. The van der Waals surface area contributed by atoms with E-state index >= 15 is 0 Å². The minimum Gasteiger partial charge on any atom is -0.276 e. The lowest BCUT2D eigenvalue weighted by atomic mass is 10.3. The van der Waals surface area contributed by atoms with Crippen molar-refractivity contribution in [3.63, 3.8) is 0 Å². The first-order chi connectivity index (χ1) is 6.68. The Kier molecular flexibility index (Phi) is 9.07. The highest BCUT2D eigenvalue weighted by atomic mass is 15.2. The van der Waals surface area contributed by atoms with Crippen LogP contribution in [-0.4, -0.2) is 14.8 Å². The Balaban J connectivity index is 0. The normalized spacial score (nSPS) is 7.94. The molecule has 0 unspecified atom stereocenters. The van der Waals surface area contributed by atoms with E-state index in [2.05, 4.69) is 10.1 Å². The number of hydrogen-bond donors (Lipinski definition) is 0. The number of aromatic nitrogens is 3. The molecule has 2 rings (SSSR count). The molecule has 0 bridgehead atoms. The van der Waals surface area contributed by atoms with E-state index in [1.54, 1.807) is 10.9 Å². The van der Waals surface area contributed by atoms with Gasteiger partial charge in [0.1, 0.15) is 0 Å². The van der Waals surface area contributed by atoms with Crippen LogP contribution in [0.4, 0.5) is 0 Å². The Morgan fingerprint density at radius 3 is 1.94 bits per heavy atom. The summed E-state index contributed by atoms with van der Waals surface area (Å²) in [6.07, 6.45) is 7.41. The first kappa shape index (κ1) is 16.8. The molecule has 16 heavy (non-hydrogen) atoms. The van der Waals surface area contributed by atoms with Crippen LogP contribution in [0.1, 0.15) is 26.0 Å². The molecule has 90 valence electrons. The SMILES string of the molecule is C.C.Cc1cccnc1.Cc1cnn(C)c1. The van der Waals surface area contributed by atoms with Crippen LogP contribution in [-0.2, 0) is 7.05 Å². The van der Waals surface area contributed by atoms with Crippen molar-refractivity contribution in [3.8, 4) is 0 Å². The third kappa shape index (κ3) is 6.76. The molecule has 2 heterocycles. The maximum Gasteiger partial charge on any atom is 0.0518 e. The van der Waals surface area contributed by atoms with Crippen molar-refractivity contribution >= 4 is 0 Å². The molecular weight excluding hydrogens is 198 g/mol. The zero-order chi connectivity index (χ0) is 10.4. The Labute approximate surface area is 99.2 Å². The summed E-state index contributed by atoms with van der Waals surface area (Å²) in [4.78, 5) is 3.88. The van der Waals surface area contributed by atoms with E-state index < -0.39 is 0 Å². The van der Waals surface area contributed by atoms with E-state index in [4.69, 9.17) is 0 Å². The number of pyridine rings is 1. The van der Waals surface area contributed by atoms with Crippen LogP contribution in [0.2, 0.25) is 0 Å². The number of aryl methyl sites for hydroxylation is 3. The van der Waals surface area contributed by atoms with Gasteiger partial charge in [-0.3, -0.25) is 9.67 Å².